The topological polar surface area (TPSA) is 233 Å². The van der Waals surface area contributed by atoms with Crippen LogP contribution in [0.25, 0.3) is 0 Å². The van der Waals surface area contributed by atoms with Crippen molar-refractivity contribution in [2.75, 3.05) is 6.54 Å². The number of hydrogen-bond donors (Lipinski definition) is 7. The van der Waals surface area contributed by atoms with Crippen molar-refractivity contribution in [3.63, 3.8) is 0 Å². The first-order chi connectivity index (χ1) is 36.1. The maximum atomic E-state index is 14.5. The van der Waals surface area contributed by atoms with Gasteiger partial charge in [0.15, 0.2) is 5.72 Å². The van der Waals surface area contributed by atoms with E-state index < -0.39 is 89.7 Å². The summed E-state index contributed by atoms with van der Waals surface area (Å²) in [5.41, 5.74) is 4.74. The maximum Gasteiger partial charge on any atom is 0.325 e. The summed E-state index contributed by atoms with van der Waals surface area (Å²) in [5, 5.41) is 44.6. The molecule has 4 aliphatic heterocycles. The monoisotopic (exact) mass is 1060 g/mol. The Kier molecular flexibility index (Phi) is 23.4. The number of hydrazine groups is 1. The number of ether oxygens (including phenoxy) is 2. The minimum Gasteiger partial charge on any atom is -0.456 e. The zero-order chi connectivity index (χ0) is 55.9. The molecule has 420 valence electrons. The number of aliphatic hydroxyl groups excluding tert-OH is 3. The largest absolute Gasteiger partial charge is 0.456 e. The highest BCUT2D eigenvalue weighted by Gasteiger charge is 2.51. The predicted molar refractivity (Wildman–Crippen MR) is 292 cm³/mol. The van der Waals surface area contributed by atoms with E-state index in [1.807, 2.05) is 76.3 Å². The van der Waals surface area contributed by atoms with Crippen molar-refractivity contribution >= 4 is 35.4 Å². The maximum absolute atomic E-state index is 14.5. The van der Waals surface area contributed by atoms with Gasteiger partial charge in [-0.05, 0) is 94.3 Å². The summed E-state index contributed by atoms with van der Waals surface area (Å²) in [6.45, 7) is 18.9. The van der Waals surface area contributed by atoms with Crippen LogP contribution >= 0.6 is 0 Å². The Morgan fingerprint density at radius 1 is 0.974 bits per heavy atom. The van der Waals surface area contributed by atoms with Crippen LogP contribution in [-0.4, -0.2) is 117 Å². The number of nitrogens with one attached hydrogen (secondary N) is 4. The number of carbonyl (C=O) groups excluding carboxylic acids is 6. The molecule has 76 heavy (non-hydrogen) atoms. The van der Waals surface area contributed by atoms with Gasteiger partial charge in [-0.15, -0.1) is 0 Å². The first-order valence-corrected chi connectivity index (χ1v) is 27.9. The molecule has 2 fully saturated rings. The van der Waals surface area contributed by atoms with E-state index in [9.17, 15) is 44.1 Å². The van der Waals surface area contributed by atoms with Crippen LogP contribution < -0.4 is 21.4 Å². The average Bonchev–Trinajstić information content (AvgIpc) is 3.39. The van der Waals surface area contributed by atoms with Crippen molar-refractivity contribution < 1.29 is 53.6 Å². The lowest BCUT2D eigenvalue weighted by Crippen LogP contribution is -2.64. The third-order valence-corrected chi connectivity index (χ3v) is 16.1. The van der Waals surface area contributed by atoms with E-state index in [4.69, 9.17) is 9.47 Å². The second-order valence-electron chi connectivity index (χ2n) is 22.5. The van der Waals surface area contributed by atoms with Gasteiger partial charge < -0.3 is 45.5 Å². The molecule has 4 heterocycles. The number of cyclic esters (lactones) is 1. The number of nitrogens with zero attached hydrogens (tertiary/aromatic N) is 1. The molecule has 2 saturated heterocycles. The molecule has 16 heteroatoms. The van der Waals surface area contributed by atoms with Gasteiger partial charge >= 0.3 is 5.97 Å². The number of amides is 4. The van der Waals surface area contributed by atoms with Gasteiger partial charge in [0.2, 0.25) is 17.7 Å². The second kappa shape index (κ2) is 28.9. The van der Waals surface area contributed by atoms with Crippen molar-refractivity contribution in [3.05, 3.63) is 95.6 Å². The fourth-order valence-corrected chi connectivity index (χ4v) is 10.8. The van der Waals surface area contributed by atoms with Gasteiger partial charge in [-0.2, -0.15) is 0 Å². The number of Topliss-reactive ketones (excluding diaryl/α,β-unsaturated/α-hetero) is 1. The number of rotatable bonds is 15. The predicted octanol–water partition coefficient (Wildman–Crippen LogP) is 6.65. The van der Waals surface area contributed by atoms with Crippen LogP contribution in [0.1, 0.15) is 139 Å². The van der Waals surface area contributed by atoms with Crippen molar-refractivity contribution in [1.29, 1.82) is 0 Å². The molecule has 4 amide bonds. The lowest BCUT2D eigenvalue weighted by molar-refractivity contribution is -0.179. The summed E-state index contributed by atoms with van der Waals surface area (Å²) in [6.07, 6.45) is 14.9. The van der Waals surface area contributed by atoms with Crippen LogP contribution in [0, 0.1) is 41.4 Å². The highest BCUT2D eigenvalue weighted by atomic mass is 16.5. The molecule has 4 aliphatic rings. The van der Waals surface area contributed by atoms with E-state index >= 15 is 0 Å². The molecule has 2 unspecified atom stereocenters. The first-order valence-electron chi connectivity index (χ1n) is 27.9. The molecular weight excluding hydrogens is 967 g/mol. The number of ketones is 1. The first kappa shape index (κ1) is 61.6. The SMILES string of the molecule is CC[C@H]1C[C@H](C)[C@@]2(NC1=O)O[C@@H](C[C@H](O)[C@@H](C)CC/C=C/C=C(\C)[C@@H]1C/C=C/C=C/[C@H](O)[C@H](C)[C@@H](O)[C@@H](CCC(C)=O)C(=O)N[C@@H](C(C)C)C(=O)NC(Cc3ccccc3)C(=O)N3CCCC(N3)C(=O)O1)[C@H](C)C=C2C. The minimum absolute atomic E-state index is 0.0104. The third kappa shape index (κ3) is 16.6. The van der Waals surface area contributed by atoms with Crippen LogP contribution in [0.3, 0.4) is 0 Å². The zero-order valence-electron chi connectivity index (χ0n) is 46.7. The van der Waals surface area contributed by atoms with Gasteiger partial charge in [0.25, 0.3) is 5.91 Å². The summed E-state index contributed by atoms with van der Waals surface area (Å²) in [7, 11) is 0. The molecule has 0 saturated carbocycles. The van der Waals surface area contributed by atoms with E-state index in [1.54, 1.807) is 39.0 Å². The van der Waals surface area contributed by atoms with Crippen LogP contribution in [0.4, 0.5) is 0 Å². The quantitative estimate of drug-likeness (QED) is 0.0556. The van der Waals surface area contributed by atoms with Crippen LogP contribution in [-0.2, 0) is 44.7 Å². The van der Waals surface area contributed by atoms with E-state index in [-0.39, 0.29) is 73.7 Å². The molecule has 7 N–H and O–H groups in total. The van der Waals surface area contributed by atoms with E-state index in [0.717, 1.165) is 29.6 Å². The Labute approximate surface area is 451 Å². The van der Waals surface area contributed by atoms with E-state index in [2.05, 4.69) is 41.3 Å². The summed E-state index contributed by atoms with van der Waals surface area (Å²) in [4.78, 5) is 82.0. The molecule has 0 aliphatic carbocycles. The molecular formula is C60H89N5O11. The Bertz CT molecular complexity index is 2300. The van der Waals surface area contributed by atoms with Crippen molar-refractivity contribution in [1.82, 2.24) is 26.4 Å². The molecule has 1 aromatic rings. The summed E-state index contributed by atoms with van der Waals surface area (Å²) < 4.78 is 13.0. The molecule has 16 nitrogen and oxygen atoms in total. The number of fused-ring (bicyclic) bond motifs is 2. The smallest absolute Gasteiger partial charge is 0.325 e. The Hall–Kier alpha value is -5.26. The second-order valence-corrected chi connectivity index (χ2v) is 22.5. The number of benzene rings is 1. The molecule has 0 aromatic heterocycles. The lowest BCUT2D eigenvalue weighted by atomic mass is 9.75. The van der Waals surface area contributed by atoms with Crippen LogP contribution in [0.15, 0.2) is 90.1 Å². The average molecular weight is 1060 g/mol. The van der Waals surface area contributed by atoms with Gasteiger partial charge in [0.05, 0.1) is 30.3 Å². The molecule has 15 atom stereocenters. The lowest BCUT2D eigenvalue weighted by Gasteiger charge is -2.51. The summed E-state index contributed by atoms with van der Waals surface area (Å²) in [5.74, 6) is -4.91. The Balaban J connectivity index is 1.34. The van der Waals surface area contributed by atoms with E-state index in [0.29, 0.717) is 32.1 Å². The number of carbonyl (C=O) groups is 6. The normalized spacial score (nSPS) is 33.5. The molecule has 2 bridgehead atoms. The number of hydrogen-bond acceptors (Lipinski definition) is 12. The van der Waals surface area contributed by atoms with Gasteiger partial charge in [0.1, 0.15) is 30.0 Å². The van der Waals surface area contributed by atoms with E-state index in [1.165, 1.54) is 18.0 Å². The van der Waals surface area contributed by atoms with Gasteiger partial charge in [0, 0.05) is 55.9 Å². The highest BCUT2D eigenvalue weighted by molar-refractivity contribution is 5.93. The van der Waals surface area contributed by atoms with Crippen molar-refractivity contribution in [3.8, 4) is 0 Å². The number of aliphatic hydroxyl groups is 3. The van der Waals surface area contributed by atoms with Crippen molar-refractivity contribution in [2.24, 2.45) is 41.4 Å². The number of piperidine rings is 1. The Morgan fingerprint density at radius 2 is 1.70 bits per heavy atom. The molecule has 0 radical (unpaired) electrons. The van der Waals surface area contributed by atoms with Gasteiger partial charge in [-0.3, -0.25) is 29.0 Å². The minimum atomic E-state index is -1.40. The molecule has 1 spiro atoms. The fourth-order valence-electron chi connectivity index (χ4n) is 10.8. The molecule has 1 aromatic carbocycles. The highest BCUT2D eigenvalue weighted by Crippen LogP contribution is 2.43. The van der Waals surface area contributed by atoms with Crippen molar-refractivity contribution in [2.45, 2.75) is 194 Å². The van der Waals surface area contributed by atoms with Crippen LogP contribution in [0.2, 0.25) is 0 Å². The third-order valence-electron chi connectivity index (χ3n) is 16.1. The number of allylic oxidation sites excluding steroid dienone is 5. The summed E-state index contributed by atoms with van der Waals surface area (Å²) in [6, 6.07) is 6.06. The summed E-state index contributed by atoms with van der Waals surface area (Å²) >= 11 is 0. The standard InChI is InChI=1S/C60H89N5O11/c1-11-45-33-41(8)60(63-55(45)70)40(7)32-39(6)52(76-60)35-50(68)37(4)22-15-12-16-23-38(5)51-28-20-14-19-27-49(67)43(10)54(69)46(30-29-42(9)66)56(71)62-53(36(2)3)57(72)61-48(34-44-24-17-13-18-25-44)58(73)65-31-21-26-47(64-65)59(74)75-51/h12-14,16-20,23-25,27,32,36-37,39,41,43,45-54,64,67-69H,11,15,21-22,26,28-31,33-35H2,1-10H3,(H,61,72)(H,62,71)(H,63,70)/b16-12+,20-14+,27-19+,38-23+/t37-,39+,41-,43-,45-,46+,47?,48?,49-,50-,51-,52-,53-,54+,60-/m0/s1. The van der Waals surface area contributed by atoms with Gasteiger partial charge in [-0.25, -0.2) is 5.43 Å². The van der Waals surface area contributed by atoms with Crippen LogP contribution in [0.5, 0.6) is 0 Å². The number of esters is 1. The zero-order valence-corrected chi connectivity index (χ0v) is 46.7. The fraction of sp³-hybridized carbons (Fsp3) is 0.633. The van der Waals surface area contributed by atoms with Gasteiger partial charge in [-0.1, -0.05) is 127 Å². The molecule has 5 rings (SSSR count). The Morgan fingerprint density at radius 3 is 2.38 bits per heavy atom.